The molecular formula is C14H21N3O. The molecule has 0 spiro atoms. The lowest BCUT2D eigenvalue weighted by Gasteiger charge is -2.31. The molecule has 4 nitrogen and oxygen atoms in total. The van der Waals surface area contributed by atoms with Gasteiger partial charge in [-0.2, -0.15) is 0 Å². The van der Waals surface area contributed by atoms with E-state index < -0.39 is 0 Å². The molecule has 1 heterocycles. The SMILES string of the molecule is CNc1ccc2c(c1)CCC(=O)N2CC(C)CN. The Morgan fingerprint density at radius 2 is 2.22 bits per heavy atom. The number of nitrogens with two attached hydrogens (primary N) is 1. The number of hydrogen-bond donors (Lipinski definition) is 2. The van der Waals surface area contributed by atoms with Crippen molar-refractivity contribution in [3.8, 4) is 0 Å². The molecular weight excluding hydrogens is 226 g/mol. The van der Waals surface area contributed by atoms with Crippen LogP contribution in [0.25, 0.3) is 0 Å². The van der Waals surface area contributed by atoms with Gasteiger partial charge in [0.05, 0.1) is 0 Å². The Morgan fingerprint density at radius 1 is 1.44 bits per heavy atom. The maximum Gasteiger partial charge on any atom is 0.227 e. The fourth-order valence-corrected chi connectivity index (χ4v) is 2.30. The zero-order valence-electron chi connectivity index (χ0n) is 11.1. The number of aryl methyl sites for hydroxylation is 1. The molecule has 1 aliphatic rings. The van der Waals surface area contributed by atoms with Crippen LogP contribution < -0.4 is 16.0 Å². The summed E-state index contributed by atoms with van der Waals surface area (Å²) in [6.45, 7) is 3.39. The zero-order valence-corrected chi connectivity index (χ0v) is 11.1. The molecule has 4 heteroatoms. The van der Waals surface area contributed by atoms with E-state index in [1.165, 1.54) is 5.56 Å². The minimum atomic E-state index is 0.208. The topological polar surface area (TPSA) is 58.4 Å². The van der Waals surface area contributed by atoms with Crippen molar-refractivity contribution in [3.63, 3.8) is 0 Å². The standard InChI is InChI=1S/C14H21N3O/c1-10(8-15)9-17-13-5-4-12(16-2)7-11(13)3-6-14(17)18/h4-5,7,10,16H,3,6,8-9,15H2,1-2H3. The van der Waals surface area contributed by atoms with Gasteiger partial charge in [-0.3, -0.25) is 4.79 Å². The average molecular weight is 247 g/mol. The zero-order chi connectivity index (χ0) is 13.1. The maximum absolute atomic E-state index is 12.0. The molecule has 1 aromatic carbocycles. The van der Waals surface area contributed by atoms with Crippen molar-refractivity contribution < 1.29 is 4.79 Å². The van der Waals surface area contributed by atoms with Gasteiger partial charge >= 0.3 is 0 Å². The second kappa shape index (κ2) is 5.40. The van der Waals surface area contributed by atoms with E-state index in [4.69, 9.17) is 5.73 Å². The van der Waals surface area contributed by atoms with Crippen LogP contribution >= 0.6 is 0 Å². The largest absolute Gasteiger partial charge is 0.388 e. The Labute approximate surface area is 108 Å². The molecule has 0 aliphatic carbocycles. The summed E-state index contributed by atoms with van der Waals surface area (Å²) in [6, 6.07) is 6.17. The van der Waals surface area contributed by atoms with Gasteiger partial charge in [-0.15, -0.1) is 0 Å². The molecule has 0 aromatic heterocycles. The summed E-state index contributed by atoms with van der Waals surface area (Å²) < 4.78 is 0. The number of nitrogens with zero attached hydrogens (tertiary/aromatic N) is 1. The first kappa shape index (κ1) is 12.9. The smallest absolute Gasteiger partial charge is 0.227 e. The van der Waals surface area contributed by atoms with Crippen molar-refractivity contribution in [2.75, 3.05) is 30.4 Å². The van der Waals surface area contributed by atoms with Crippen LogP contribution in [0.2, 0.25) is 0 Å². The summed E-state index contributed by atoms with van der Waals surface area (Å²) in [5.74, 6) is 0.531. The van der Waals surface area contributed by atoms with Gasteiger partial charge < -0.3 is 16.0 Å². The van der Waals surface area contributed by atoms with Crippen molar-refractivity contribution in [3.05, 3.63) is 23.8 Å². The number of carbonyl (C=O) groups excluding carboxylic acids is 1. The molecule has 0 radical (unpaired) electrons. The first-order chi connectivity index (χ1) is 8.65. The van der Waals surface area contributed by atoms with Gasteiger partial charge in [-0.05, 0) is 42.6 Å². The van der Waals surface area contributed by atoms with Gasteiger partial charge in [0.1, 0.15) is 0 Å². The van der Waals surface area contributed by atoms with Crippen LogP contribution in [-0.4, -0.2) is 26.0 Å². The number of fused-ring (bicyclic) bond motifs is 1. The number of anilines is 2. The third-order valence-corrected chi connectivity index (χ3v) is 3.46. The molecule has 0 saturated carbocycles. The van der Waals surface area contributed by atoms with E-state index in [2.05, 4.69) is 18.3 Å². The Bertz CT molecular complexity index is 445. The molecule has 98 valence electrons. The molecule has 1 aromatic rings. The molecule has 0 saturated heterocycles. The van der Waals surface area contributed by atoms with Crippen LogP contribution in [0.15, 0.2) is 18.2 Å². The van der Waals surface area contributed by atoms with Crippen LogP contribution in [0.4, 0.5) is 11.4 Å². The average Bonchev–Trinajstić information content (AvgIpc) is 2.41. The lowest BCUT2D eigenvalue weighted by Crippen LogP contribution is -2.39. The van der Waals surface area contributed by atoms with E-state index in [1.54, 1.807) is 0 Å². The van der Waals surface area contributed by atoms with E-state index >= 15 is 0 Å². The van der Waals surface area contributed by atoms with E-state index in [1.807, 2.05) is 24.1 Å². The second-order valence-corrected chi connectivity index (χ2v) is 4.94. The molecule has 2 rings (SSSR count). The fraction of sp³-hybridized carbons (Fsp3) is 0.500. The van der Waals surface area contributed by atoms with Gasteiger partial charge in [-0.1, -0.05) is 6.92 Å². The highest BCUT2D eigenvalue weighted by atomic mass is 16.2. The lowest BCUT2D eigenvalue weighted by atomic mass is 9.99. The minimum absolute atomic E-state index is 0.208. The number of rotatable bonds is 4. The van der Waals surface area contributed by atoms with Gasteiger partial charge in [0, 0.05) is 31.4 Å². The third kappa shape index (κ3) is 2.48. The van der Waals surface area contributed by atoms with E-state index in [0.29, 0.717) is 25.4 Å². The highest BCUT2D eigenvalue weighted by Crippen LogP contribution is 2.30. The van der Waals surface area contributed by atoms with Crippen LogP contribution in [0.5, 0.6) is 0 Å². The number of hydrogen-bond acceptors (Lipinski definition) is 3. The predicted octanol–water partition coefficient (Wildman–Crippen LogP) is 1.60. The molecule has 18 heavy (non-hydrogen) atoms. The Hall–Kier alpha value is -1.55. The molecule has 1 atom stereocenters. The second-order valence-electron chi connectivity index (χ2n) is 4.94. The summed E-state index contributed by atoms with van der Waals surface area (Å²) in [7, 11) is 1.91. The molecule has 0 fully saturated rings. The van der Waals surface area contributed by atoms with E-state index in [-0.39, 0.29) is 5.91 Å². The van der Waals surface area contributed by atoms with Gasteiger partial charge in [0.2, 0.25) is 5.91 Å². The van der Waals surface area contributed by atoms with Crippen molar-refractivity contribution in [1.29, 1.82) is 0 Å². The molecule has 0 bridgehead atoms. The van der Waals surface area contributed by atoms with Crippen molar-refractivity contribution in [2.24, 2.45) is 11.7 Å². The van der Waals surface area contributed by atoms with Crippen LogP contribution in [0, 0.1) is 5.92 Å². The first-order valence-corrected chi connectivity index (χ1v) is 6.46. The summed E-state index contributed by atoms with van der Waals surface area (Å²) in [5, 5.41) is 3.13. The molecule has 3 N–H and O–H groups in total. The van der Waals surface area contributed by atoms with Crippen LogP contribution in [0.1, 0.15) is 18.9 Å². The molecule has 1 amide bonds. The van der Waals surface area contributed by atoms with Crippen LogP contribution in [0.3, 0.4) is 0 Å². The Morgan fingerprint density at radius 3 is 2.89 bits per heavy atom. The summed E-state index contributed by atoms with van der Waals surface area (Å²) in [4.78, 5) is 13.9. The van der Waals surface area contributed by atoms with E-state index in [0.717, 1.165) is 17.8 Å². The van der Waals surface area contributed by atoms with Crippen molar-refractivity contribution >= 4 is 17.3 Å². The maximum atomic E-state index is 12.0. The first-order valence-electron chi connectivity index (χ1n) is 6.46. The summed E-state index contributed by atoms with van der Waals surface area (Å²) in [5.41, 5.74) is 9.03. The molecule has 1 aliphatic heterocycles. The Balaban J connectivity index is 2.29. The normalized spacial score (nSPS) is 16.4. The van der Waals surface area contributed by atoms with Gasteiger partial charge in [-0.25, -0.2) is 0 Å². The van der Waals surface area contributed by atoms with E-state index in [9.17, 15) is 4.79 Å². The highest BCUT2D eigenvalue weighted by Gasteiger charge is 2.25. The van der Waals surface area contributed by atoms with Crippen molar-refractivity contribution in [2.45, 2.75) is 19.8 Å². The highest BCUT2D eigenvalue weighted by molar-refractivity contribution is 5.96. The molecule has 1 unspecified atom stereocenters. The Kier molecular flexibility index (Phi) is 3.87. The summed E-state index contributed by atoms with van der Waals surface area (Å²) >= 11 is 0. The number of benzene rings is 1. The van der Waals surface area contributed by atoms with Gasteiger partial charge in [0.15, 0.2) is 0 Å². The fourth-order valence-electron chi connectivity index (χ4n) is 2.30. The summed E-state index contributed by atoms with van der Waals surface area (Å²) in [6.07, 6.45) is 1.43. The number of nitrogens with one attached hydrogen (secondary N) is 1. The lowest BCUT2D eigenvalue weighted by molar-refractivity contribution is -0.119. The quantitative estimate of drug-likeness (QED) is 0.849. The number of carbonyl (C=O) groups is 1. The van der Waals surface area contributed by atoms with Gasteiger partial charge in [0.25, 0.3) is 0 Å². The monoisotopic (exact) mass is 247 g/mol. The predicted molar refractivity (Wildman–Crippen MR) is 74.9 cm³/mol. The number of amides is 1. The van der Waals surface area contributed by atoms with Crippen LogP contribution in [-0.2, 0) is 11.2 Å². The van der Waals surface area contributed by atoms with Crippen molar-refractivity contribution in [1.82, 2.24) is 0 Å². The third-order valence-electron chi connectivity index (χ3n) is 3.46. The minimum Gasteiger partial charge on any atom is -0.388 e.